The summed E-state index contributed by atoms with van der Waals surface area (Å²) >= 11 is 0. The van der Waals surface area contributed by atoms with Crippen molar-refractivity contribution in [1.29, 1.82) is 0 Å². The first-order valence-electron chi connectivity index (χ1n) is 10.4. The molecule has 4 atom stereocenters. The molecule has 0 unspecified atom stereocenters. The van der Waals surface area contributed by atoms with Gasteiger partial charge in [-0.1, -0.05) is 60.7 Å². The Balaban J connectivity index is 1.64. The van der Waals surface area contributed by atoms with Crippen LogP contribution in [0.4, 0.5) is 0 Å². The molecule has 2 aromatic rings. The van der Waals surface area contributed by atoms with Crippen LogP contribution in [0, 0.1) is 0 Å². The smallest absolute Gasteiger partial charge is 0.220 e. The number of aliphatic hydroxyl groups excluding tert-OH is 2. The van der Waals surface area contributed by atoms with Gasteiger partial charge in [0.1, 0.15) is 0 Å². The molecular formula is C24H32N2O4. The van der Waals surface area contributed by atoms with Gasteiger partial charge in [-0.2, -0.15) is 0 Å². The maximum atomic E-state index is 12.1. The molecule has 4 N–H and O–H groups in total. The summed E-state index contributed by atoms with van der Waals surface area (Å²) in [5.41, 5.74) is 1.52. The minimum absolute atomic E-state index is 0.147. The molecule has 0 radical (unpaired) electrons. The largest absolute Gasteiger partial charge is 0.386 e. The van der Waals surface area contributed by atoms with Gasteiger partial charge in [0.2, 0.25) is 11.8 Å². The molecule has 0 saturated carbocycles. The van der Waals surface area contributed by atoms with Gasteiger partial charge in [0.25, 0.3) is 0 Å². The molecule has 0 aliphatic carbocycles. The van der Waals surface area contributed by atoms with Gasteiger partial charge in [-0.3, -0.25) is 9.59 Å². The third-order valence-electron chi connectivity index (χ3n) is 5.06. The van der Waals surface area contributed by atoms with Gasteiger partial charge in [0.05, 0.1) is 24.3 Å². The molecule has 0 fully saturated rings. The summed E-state index contributed by atoms with van der Waals surface area (Å²) in [6, 6.07) is 17.6. The summed E-state index contributed by atoms with van der Waals surface area (Å²) in [7, 11) is 0. The number of aliphatic hydroxyl groups is 2. The summed E-state index contributed by atoms with van der Waals surface area (Å²) in [6.07, 6.45) is 0.200. The molecule has 2 amide bonds. The van der Waals surface area contributed by atoms with Crippen LogP contribution in [0.15, 0.2) is 60.7 Å². The molecule has 6 heteroatoms. The first kappa shape index (κ1) is 23.6. The highest BCUT2D eigenvalue weighted by Crippen LogP contribution is 2.17. The summed E-state index contributed by atoms with van der Waals surface area (Å²) in [4.78, 5) is 24.2. The normalized spacial score (nSPS) is 14.9. The maximum absolute atomic E-state index is 12.1. The predicted molar refractivity (Wildman–Crippen MR) is 116 cm³/mol. The highest BCUT2D eigenvalue weighted by molar-refractivity contribution is 5.77. The fraction of sp³-hybridized carbons (Fsp3) is 0.417. The van der Waals surface area contributed by atoms with E-state index < -0.39 is 24.3 Å². The Morgan fingerprint density at radius 2 is 1.03 bits per heavy atom. The number of benzene rings is 2. The Kier molecular flexibility index (Phi) is 9.51. The van der Waals surface area contributed by atoms with Gasteiger partial charge in [0.15, 0.2) is 0 Å². The monoisotopic (exact) mass is 412 g/mol. The van der Waals surface area contributed by atoms with Gasteiger partial charge in [-0.05, 0) is 37.8 Å². The average Bonchev–Trinajstić information content (AvgIpc) is 2.76. The number of carbonyl (C=O) groups is 2. The number of amides is 2. The van der Waals surface area contributed by atoms with Crippen molar-refractivity contribution in [2.45, 2.75) is 63.8 Å². The number of nitrogens with one attached hydrogen (secondary N) is 2. The highest BCUT2D eigenvalue weighted by atomic mass is 16.3. The van der Waals surface area contributed by atoms with E-state index in [9.17, 15) is 19.8 Å². The third-order valence-corrected chi connectivity index (χ3v) is 5.06. The number of hydrogen-bond acceptors (Lipinski definition) is 4. The second-order valence-corrected chi connectivity index (χ2v) is 7.63. The maximum Gasteiger partial charge on any atom is 0.220 e. The van der Waals surface area contributed by atoms with Crippen LogP contribution in [0.5, 0.6) is 0 Å². The van der Waals surface area contributed by atoms with E-state index in [1.54, 1.807) is 13.8 Å². The van der Waals surface area contributed by atoms with E-state index in [4.69, 9.17) is 0 Å². The minimum Gasteiger partial charge on any atom is -0.386 e. The number of unbranched alkanes of at least 4 members (excludes halogenated alkanes) is 1. The van der Waals surface area contributed by atoms with Crippen LogP contribution in [0.1, 0.15) is 62.9 Å². The van der Waals surface area contributed by atoms with E-state index in [0.29, 0.717) is 25.7 Å². The molecule has 0 spiro atoms. The van der Waals surface area contributed by atoms with Gasteiger partial charge in [0, 0.05) is 12.8 Å². The standard InChI is InChI=1S/C24H32N2O4/c1-17(23(29)19-11-5-3-6-12-19)25-21(27)15-9-10-16-22(28)26-18(2)24(30)20-13-7-4-8-14-20/h3-8,11-14,17-18,23-24,29-30H,9-10,15-16H2,1-2H3,(H,25,27)(H,26,28)/t17-,18+,23-,24-/m1/s1. The van der Waals surface area contributed by atoms with E-state index in [1.807, 2.05) is 60.7 Å². The van der Waals surface area contributed by atoms with Crippen LogP contribution in [0.3, 0.4) is 0 Å². The topological polar surface area (TPSA) is 98.7 Å². The second-order valence-electron chi connectivity index (χ2n) is 7.63. The van der Waals surface area contributed by atoms with E-state index >= 15 is 0 Å². The lowest BCUT2D eigenvalue weighted by atomic mass is 10.0. The molecule has 162 valence electrons. The van der Waals surface area contributed by atoms with Crippen molar-refractivity contribution >= 4 is 11.8 Å². The molecule has 2 rings (SSSR count). The number of rotatable bonds is 11. The van der Waals surface area contributed by atoms with Gasteiger partial charge in [-0.15, -0.1) is 0 Å². The Morgan fingerprint density at radius 1 is 0.700 bits per heavy atom. The molecule has 0 bridgehead atoms. The molecule has 0 aliphatic rings. The van der Waals surface area contributed by atoms with Gasteiger partial charge >= 0.3 is 0 Å². The fourth-order valence-electron chi connectivity index (χ4n) is 3.26. The quantitative estimate of drug-likeness (QED) is 0.426. The van der Waals surface area contributed by atoms with Gasteiger partial charge < -0.3 is 20.8 Å². The van der Waals surface area contributed by atoms with Crippen LogP contribution in [-0.2, 0) is 9.59 Å². The van der Waals surface area contributed by atoms with E-state index in [-0.39, 0.29) is 11.8 Å². The van der Waals surface area contributed by atoms with Crippen LogP contribution in [-0.4, -0.2) is 34.1 Å². The highest BCUT2D eigenvalue weighted by Gasteiger charge is 2.19. The van der Waals surface area contributed by atoms with Crippen molar-refractivity contribution in [3.8, 4) is 0 Å². The predicted octanol–water partition coefficient (Wildman–Crippen LogP) is 3.02. The molecule has 6 nitrogen and oxygen atoms in total. The zero-order valence-corrected chi connectivity index (χ0v) is 17.6. The Labute approximate surface area is 178 Å². The van der Waals surface area contributed by atoms with Crippen LogP contribution in [0.25, 0.3) is 0 Å². The summed E-state index contributed by atoms with van der Waals surface area (Å²) in [5, 5.41) is 26.2. The van der Waals surface area contributed by atoms with Crippen LogP contribution >= 0.6 is 0 Å². The summed E-state index contributed by atoms with van der Waals surface area (Å²) < 4.78 is 0. The van der Waals surface area contributed by atoms with Crippen molar-refractivity contribution < 1.29 is 19.8 Å². The average molecular weight is 413 g/mol. The summed E-state index contributed by atoms with van der Waals surface area (Å²) in [5.74, 6) is -0.295. The third kappa shape index (κ3) is 7.61. The SMILES string of the molecule is C[C@H](NC(=O)CCCCC(=O)N[C@H](C)[C@@H](O)c1ccccc1)[C@@H](O)c1ccccc1. The molecule has 0 aliphatic heterocycles. The van der Waals surface area contributed by atoms with Crippen LogP contribution < -0.4 is 10.6 Å². The first-order valence-corrected chi connectivity index (χ1v) is 10.4. The summed E-state index contributed by atoms with van der Waals surface area (Å²) in [6.45, 7) is 3.53. The van der Waals surface area contributed by atoms with Crippen molar-refractivity contribution in [3.63, 3.8) is 0 Å². The Hall–Kier alpha value is -2.70. The fourth-order valence-corrected chi connectivity index (χ4v) is 3.26. The molecule has 0 aromatic heterocycles. The zero-order valence-electron chi connectivity index (χ0n) is 17.6. The van der Waals surface area contributed by atoms with Crippen molar-refractivity contribution in [2.75, 3.05) is 0 Å². The Bertz CT molecular complexity index is 715. The van der Waals surface area contributed by atoms with E-state index in [0.717, 1.165) is 11.1 Å². The molecule has 0 heterocycles. The Morgan fingerprint density at radius 3 is 1.37 bits per heavy atom. The molecule has 2 aromatic carbocycles. The molecule has 0 saturated heterocycles. The second kappa shape index (κ2) is 12.1. The van der Waals surface area contributed by atoms with Crippen LogP contribution in [0.2, 0.25) is 0 Å². The van der Waals surface area contributed by atoms with Gasteiger partial charge in [-0.25, -0.2) is 0 Å². The zero-order chi connectivity index (χ0) is 21.9. The van der Waals surface area contributed by atoms with E-state index in [1.165, 1.54) is 0 Å². The van der Waals surface area contributed by atoms with Crippen molar-refractivity contribution in [1.82, 2.24) is 10.6 Å². The number of hydrogen-bond donors (Lipinski definition) is 4. The molecular weight excluding hydrogens is 380 g/mol. The minimum atomic E-state index is -0.765. The lowest BCUT2D eigenvalue weighted by molar-refractivity contribution is -0.124. The first-order chi connectivity index (χ1) is 14.4. The number of carbonyl (C=O) groups excluding carboxylic acids is 2. The van der Waals surface area contributed by atoms with Crippen molar-refractivity contribution in [2.24, 2.45) is 0 Å². The molecule has 30 heavy (non-hydrogen) atoms. The van der Waals surface area contributed by atoms with Crippen molar-refractivity contribution in [3.05, 3.63) is 71.8 Å². The van der Waals surface area contributed by atoms with E-state index in [2.05, 4.69) is 10.6 Å². The lowest BCUT2D eigenvalue weighted by Crippen LogP contribution is -2.37. The lowest BCUT2D eigenvalue weighted by Gasteiger charge is -2.21.